The molecule has 184 valence electrons. The van der Waals surface area contributed by atoms with Crippen molar-refractivity contribution in [3.05, 3.63) is 71.9 Å². The summed E-state index contributed by atoms with van der Waals surface area (Å²) in [6.07, 6.45) is 6.94. The number of nitrogens with zero attached hydrogens (tertiary/aromatic N) is 4. The molecule has 9 heteroatoms. The van der Waals surface area contributed by atoms with Crippen molar-refractivity contribution < 1.29 is 14.3 Å². The number of aliphatic hydroxyl groups is 1. The molecular formula is C27H27FN6O2. The van der Waals surface area contributed by atoms with Crippen molar-refractivity contribution in [3.8, 4) is 11.3 Å². The number of carbonyl (C=O) groups is 1. The van der Waals surface area contributed by atoms with Gasteiger partial charge in [0.2, 0.25) is 0 Å². The molecule has 0 bridgehead atoms. The second kappa shape index (κ2) is 8.91. The lowest BCUT2D eigenvalue weighted by atomic mass is 9.93. The molecule has 4 aromatic rings. The van der Waals surface area contributed by atoms with Crippen LogP contribution in [0.3, 0.4) is 0 Å². The fourth-order valence-corrected chi connectivity index (χ4v) is 5.27. The van der Waals surface area contributed by atoms with Gasteiger partial charge in [-0.05, 0) is 49.6 Å². The molecule has 2 aliphatic rings. The first kappa shape index (κ1) is 22.5. The third kappa shape index (κ3) is 3.95. The van der Waals surface area contributed by atoms with Crippen LogP contribution in [-0.4, -0.2) is 44.6 Å². The summed E-state index contributed by atoms with van der Waals surface area (Å²) in [7, 11) is 0. The summed E-state index contributed by atoms with van der Waals surface area (Å²) < 4.78 is 15.4. The highest BCUT2D eigenvalue weighted by atomic mass is 19.1. The van der Waals surface area contributed by atoms with Crippen LogP contribution in [0.15, 0.2) is 55.0 Å². The maximum absolute atomic E-state index is 13.6. The van der Waals surface area contributed by atoms with Gasteiger partial charge in [-0.2, -0.15) is 0 Å². The van der Waals surface area contributed by atoms with Crippen LogP contribution in [-0.2, 0) is 6.54 Å². The Balaban J connectivity index is 1.28. The topological polar surface area (TPSA) is 94.8 Å². The van der Waals surface area contributed by atoms with E-state index < -0.39 is 0 Å². The number of nitrogens with one attached hydrogen (secondary N) is 2. The molecule has 2 aliphatic heterocycles. The van der Waals surface area contributed by atoms with E-state index in [1.807, 2.05) is 41.8 Å². The second-order valence-electron chi connectivity index (χ2n) is 9.53. The van der Waals surface area contributed by atoms with Crippen LogP contribution >= 0.6 is 0 Å². The average molecular weight is 487 g/mol. The first-order valence-electron chi connectivity index (χ1n) is 12.2. The van der Waals surface area contributed by atoms with Gasteiger partial charge in [0.1, 0.15) is 17.3 Å². The van der Waals surface area contributed by atoms with Crippen LogP contribution in [0.2, 0.25) is 0 Å². The third-order valence-corrected chi connectivity index (χ3v) is 7.23. The first-order chi connectivity index (χ1) is 17.5. The molecule has 1 amide bonds. The first-order valence-corrected chi connectivity index (χ1v) is 12.2. The van der Waals surface area contributed by atoms with Crippen LogP contribution in [0.25, 0.3) is 16.9 Å². The van der Waals surface area contributed by atoms with E-state index in [1.165, 1.54) is 12.1 Å². The highest BCUT2D eigenvalue weighted by molar-refractivity contribution is 6.06. The molecule has 1 saturated heterocycles. The fraction of sp³-hybridized carbons (Fsp3) is 0.296. The minimum atomic E-state index is -0.345. The van der Waals surface area contributed by atoms with E-state index in [4.69, 9.17) is 0 Å². The maximum atomic E-state index is 13.6. The van der Waals surface area contributed by atoms with Crippen molar-refractivity contribution in [3.63, 3.8) is 0 Å². The number of halogens is 1. The van der Waals surface area contributed by atoms with Crippen molar-refractivity contribution in [2.75, 3.05) is 23.3 Å². The number of aliphatic hydroxyl groups excluding tert-OH is 1. The molecule has 1 aromatic carbocycles. The summed E-state index contributed by atoms with van der Waals surface area (Å²) in [5.41, 5.74) is 5.31. The highest BCUT2D eigenvalue weighted by Crippen LogP contribution is 2.35. The van der Waals surface area contributed by atoms with E-state index in [-0.39, 0.29) is 23.7 Å². The molecule has 0 spiro atoms. The summed E-state index contributed by atoms with van der Waals surface area (Å²) in [5.74, 6) is 0.414. The fourth-order valence-electron chi connectivity index (χ4n) is 5.27. The van der Waals surface area contributed by atoms with Crippen LogP contribution in [0, 0.1) is 11.7 Å². The van der Waals surface area contributed by atoms with Crippen molar-refractivity contribution in [2.24, 2.45) is 5.92 Å². The van der Waals surface area contributed by atoms with Crippen molar-refractivity contribution >= 4 is 28.7 Å². The lowest BCUT2D eigenvalue weighted by Gasteiger charge is -2.35. The Hall–Kier alpha value is -3.98. The lowest BCUT2D eigenvalue weighted by Crippen LogP contribution is -2.39. The van der Waals surface area contributed by atoms with Gasteiger partial charge < -0.3 is 20.6 Å². The molecule has 1 fully saturated rings. The molecule has 5 heterocycles. The van der Waals surface area contributed by atoms with Crippen molar-refractivity contribution in [1.29, 1.82) is 0 Å². The number of aromatic nitrogens is 3. The van der Waals surface area contributed by atoms with E-state index in [1.54, 1.807) is 12.4 Å². The maximum Gasteiger partial charge on any atom is 0.254 e. The van der Waals surface area contributed by atoms with E-state index in [2.05, 4.69) is 25.5 Å². The molecule has 0 saturated carbocycles. The van der Waals surface area contributed by atoms with Gasteiger partial charge in [-0.25, -0.2) is 14.4 Å². The molecule has 36 heavy (non-hydrogen) atoms. The molecule has 2 atom stereocenters. The van der Waals surface area contributed by atoms with E-state index in [9.17, 15) is 14.3 Å². The number of carbonyl (C=O) groups excluding carboxylic acids is 1. The Bertz CT molecular complexity index is 1450. The predicted molar refractivity (Wildman–Crippen MR) is 136 cm³/mol. The van der Waals surface area contributed by atoms with Gasteiger partial charge >= 0.3 is 0 Å². The molecule has 0 aliphatic carbocycles. The standard InChI is InChI=1S/C27H27FN6O2/c1-16(35)17-3-2-9-33(15-17)19-4-7-24(29-12-19)32-22-6-5-20(21-13-31-27(36)26(21)22)23-14-30-25-11-18(28)8-10-34(23)25/h4-8,10-12,14,16-17,35H,2-3,9,13,15H2,1H3,(H,29,32)(H,31,36)/t16-,17+/m1/s1. The molecular weight excluding hydrogens is 459 g/mol. The number of piperidine rings is 1. The summed E-state index contributed by atoms with van der Waals surface area (Å²) >= 11 is 0. The normalized spacial score (nSPS) is 18.2. The number of benzene rings is 1. The number of hydrogen-bond donors (Lipinski definition) is 3. The SMILES string of the molecule is C[C@@H](O)[C@H]1CCCN(c2ccc(Nc3ccc(-c4cnc5cc(F)ccn45)c4c3C(=O)NC4)nc2)C1. The van der Waals surface area contributed by atoms with E-state index in [0.29, 0.717) is 29.3 Å². The Morgan fingerprint density at radius 1 is 1.19 bits per heavy atom. The van der Waals surface area contributed by atoms with Gasteiger partial charge in [0.25, 0.3) is 5.91 Å². The smallest absolute Gasteiger partial charge is 0.254 e. The third-order valence-electron chi connectivity index (χ3n) is 7.23. The zero-order valence-electron chi connectivity index (χ0n) is 19.9. The molecule has 6 rings (SSSR count). The van der Waals surface area contributed by atoms with Gasteiger partial charge in [-0.15, -0.1) is 0 Å². The Labute approximate surface area is 207 Å². The molecule has 0 radical (unpaired) electrons. The number of amides is 1. The van der Waals surface area contributed by atoms with Crippen molar-refractivity contribution in [2.45, 2.75) is 32.4 Å². The monoisotopic (exact) mass is 486 g/mol. The van der Waals surface area contributed by atoms with Gasteiger partial charge in [0.05, 0.1) is 41.1 Å². The zero-order valence-corrected chi connectivity index (χ0v) is 19.9. The summed E-state index contributed by atoms with van der Waals surface area (Å²) in [4.78, 5) is 24.0. The van der Waals surface area contributed by atoms with Gasteiger partial charge in [-0.1, -0.05) is 6.07 Å². The number of rotatable bonds is 5. The number of imidazole rings is 1. The molecule has 8 nitrogen and oxygen atoms in total. The lowest BCUT2D eigenvalue weighted by molar-refractivity contribution is 0.0966. The van der Waals surface area contributed by atoms with Crippen LogP contribution in [0.4, 0.5) is 21.6 Å². The molecule has 3 N–H and O–H groups in total. The van der Waals surface area contributed by atoms with Crippen molar-refractivity contribution in [1.82, 2.24) is 19.7 Å². The number of pyridine rings is 2. The molecule has 0 unspecified atom stereocenters. The van der Waals surface area contributed by atoms with Gasteiger partial charge in [0.15, 0.2) is 0 Å². The van der Waals surface area contributed by atoms with Crippen LogP contribution < -0.4 is 15.5 Å². The van der Waals surface area contributed by atoms with Gasteiger partial charge in [-0.3, -0.25) is 9.20 Å². The predicted octanol–water partition coefficient (Wildman–Crippen LogP) is 4.12. The number of anilines is 3. The number of fused-ring (bicyclic) bond motifs is 2. The Kier molecular flexibility index (Phi) is 5.56. The minimum absolute atomic E-state index is 0.150. The number of hydrogen-bond acceptors (Lipinski definition) is 6. The van der Waals surface area contributed by atoms with E-state index in [0.717, 1.165) is 48.4 Å². The molecule has 3 aromatic heterocycles. The summed E-state index contributed by atoms with van der Waals surface area (Å²) in [6.45, 7) is 4.02. The highest BCUT2D eigenvalue weighted by Gasteiger charge is 2.28. The van der Waals surface area contributed by atoms with E-state index >= 15 is 0 Å². The summed E-state index contributed by atoms with van der Waals surface area (Å²) in [5, 5.41) is 16.2. The van der Waals surface area contributed by atoms with Gasteiger partial charge in [0, 0.05) is 43.4 Å². The quantitative estimate of drug-likeness (QED) is 0.393. The van der Waals surface area contributed by atoms with Crippen LogP contribution in [0.1, 0.15) is 35.7 Å². The Morgan fingerprint density at radius 3 is 2.89 bits per heavy atom. The summed E-state index contributed by atoms with van der Waals surface area (Å²) in [6, 6.07) is 10.5. The minimum Gasteiger partial charge on any atom is -0.393 e. The van der Waals surface area contributed by atoms with Crippen LogP contribution in [0.5, 0.6) is 0 Å². The largest absolute Gasteiger partial charge is 0.393 e. The Morgan fingerprint density at radius 2 is 2.08 bits per heavy atom. The average Bonchev–Trinajstić information content (AvgIpc) is 3.48. The second-order valence-corrected chi connectivity index (χ2v) is 9.53. The zero-order chi connectivity index (χ0) is 24.8.